The first-order valence-corrected chi connectivity index (χ1v) is 12.2. The fourth-order valence-corrected chi connectivity index (χ4v) is 4.65. The van der Waals surface area contributed by atoms with Crippen LogP contribution < -0.4 is 14.4 Å². The summed E-state index contributed by atoms with van der Waals surface area (Å²) in [4.78, 5) is 43.2. The Morgan fingerprint density at radius 3 is 2.26 bits per heavy atom. The van der Waals surface area contributed by atoms with Crippen LogP contribution in [-0.2, 0) is 9.59 Å². The summed E-state index contributed by atoms with van der Waals surface area (Å²) in [6, 6.07) is 20.1. The van der Waals surface area contributed by atoms with Gasteiger partial charge >= 0.3 is 0 Å². The predicted octanol–water partition coefficient (Wildman–Crippen LogP) is 4.84. The number of hydrogen-bond acceptors (Lipinski definition) is 5. The number of carbonyl (C=O) groups is 3. The lowest BCUT2D eigenvalue weighted by Crippen LogP contribution is -2.46. The van der Waals surface area contributed by atoms with Crippen LogP contribution >= 0.6 is 22.6 Å². The van der Waals surface area contributed by atoms with E-state index in [4.69, 9.17) is 9.47 Å². The third kappa shape index (κ3) is 4.88. The van der Waals surface area contributed by atoms with Crippen LogP contribution in [0.1, 0.15) is 35.3 Å². The Hall–Kier alpha value is -3.40. The molecule has 0 N–H and O–H groups in total. The molecule has 2 atom stereocenters. The molecule has 0 bridgehead atoms. The number of imide groups is 1. The van der Waals surface area contributed by atoms with Gasteiger partial charge in [-0.25, -0.2) is 4.90 Å². The van der Waals surface area contributed by atoms with Crippen molar-refractivity contribution in [2.75, 3.05) is 19.1 Å². The quantitative estimate of drug-likeness (QED) is 0.294. The Kier molecular flexibility index (Phi) is 7.39. The van der Waals surface area contributed by atoms with Crippen molar-refractivity contribution >= 4 is 46.0 Å². The first kappa shape index (κ1) is 24.7. The average molecular weight is 584 g/mol. The molecule has 1 fully saturated rings. The molecule has 0 aliphatic carbocycles. The second-order valence-electron chi connectivity index (χ2n) is 8.13. The number of methoxy groups -OCH3 is 2. The van der Waals surface area contributed by atoms with Crippen molar-refractivity contribution in [3.05, 3.63) is 87.5 Å². The molecule has 7 nitrogen and oxygen atoms in total. The minimum absolute atomic E-state index is 0.0962. The van der Waals surface area contributed by atoms with Crippen LogP contribution in [0.5, 0.6) is 11.5 Å². The normalized spacial score (nSPS) is 16.2. The largest absolute Gasteiger partial charge is 0.493 e. The first-order chi connectivity index (χ1) is 16.8. The fraction of sp³-hybridized carbons (Fsp3) is 0.222. The molecule has 2 unspecified atom stereocenters. The van der Waals surface area contributed by atoms with Crippen molar-refractivity contribution in [1.29, 1.82) is 0 Å². The van der Waals surface area contributed by atoms with Crippen LogP contribution in [0.25, 0.3) is 0 Å². The van der Waals surface area contributed by atoms with E-state index in [9.17, 15) is 14.4 Å². The molecule has 0 aromatic heterocycles. The summed E-state index contributed by atoms with van der Waals surface area (Å²) in [6.07, 6.45) is -0.0962. The van der Waals surface area contributed by atoms with Gasteiger partial charge < -0.3 is 14.4 Å². The van der Waals surface area contributed by atoms with Gasteiger partial charge in [-0.05, 0) is 77.5 Å². The minimum Gasteiger partial charge on any atom is -0.493 e. The van der Waals surface area contributed by atoms with E-state index < -0.39 is 18.0 Å². The maximum atomic E-state index is 13.9. The predicted molar refractivity (Wildman–Crippen MR) is 141 cm³/mol. The molecule has 35 heavy (non-hydrogen) atoms. The molecule has 1 heterocycles. The highest BCUT2D eigenvalue weighted by molar-refractivity contribution is 14.1. The average Bonchev–Trinajstić information content (AvgIpc) is 3.17. The summed E-state index contributed by atoms with van der Waals surface area (Å²) in [5.41, 5.74) is 1.68. The molecule has 3 aromatic rings. The van der Waals surface area contributed by atoms with Gasteiger partial charge in [-0.2, -0.15) is 0 Å². The highest BCUT2D eigenvalue weighted by atomic mass is 127. The Morgan fingerprint density at radius 2 is 1.63 bits per heavy atom. The fourth-order valence-electron chi connectivity index (χ4n) is 4.29. The number of anilines is 1. The van der Waals surface area contributed by atoms with Gasteiger partial charge in [-0.15, -0.1) is 0 Å². The molecular formula is C27H25IN2O5. The van der Waals surface area contributed by atoms with Gasteiger partial charge in [0.25, 0.3) is 11.8 Å². The van der Waals surface area contributed by atoms with Gasteiger partial charge in [0.1, 0.15) is 6.04 Å². The number of hydrogen-bond donors (Lipinski definition) is 0. The number of nitrogens with zero attached hydrogens (tertiary/aromatic N) is 2. The van der Waals surface area contributed by atoms with Crippen LogP contribution in [0, 0.1) is 3.57 Å². The zero-order valence-corrected chi connectivity index (χ0v) is 21.8. The summed E-state index contributed by atoms with van der Waals surface area (Å²) in [7, 11) is 3.01. The molecule has 1 saturated heterocycles. The Bertz CT molecular complexity index is 1250. The van der Waals surface area contributed by atoms with Gasteiger partial charge in [0.05, 0.1) is 32.4 Å². The second kappa shape index (κ2) is 10.5. The lowest BCUT2D eigenvalue weighted by Gasteiger charge is -2.34. The third-order valence-corrected chi connectivity index (χ3v) is 6.83. The van der Waals surface area contributed by atoms with Crippen molar-refractivity contribution in [2.24, 2.45) is 0 Å². The van der Waals surface area contributed by atoms with E-state index in [0.29, 0.717) is 22.7 Å². The first-order valence-electron chi connectivity index (χ1n) is 11.1. The number of halogens is 1. The summed E-state index contributed by atoms with van der Waals surface area (Å²) < 4.78 is 11.7. The number of rotatable bonds is 7. The molecule has 8 heteroatoms. The Balaban J connectivity index is 1.75. The number of benzene rings is 3. The van der Waals surface area contributed by atoms with E-state index in [0.717, 1.165) is 9.13 Å². The molecule has 0 radical (unpaired) electrons. The summed E-state index contributed by atoms with van der Waals surface area (Å²) in [6.45, 7) is 1.86. The molecule has 1 aliphatic heterocycles. The van der Waals surface area contributed by atoms with Crippen LogP contribution in [-0.4, -0.2) is 42.9 Å². The Morgan fingerprint density at radius 1 is 0.971 bits per heavy atom. The molecule has 0 spiro atoms. The van der Waals surface area contributed by atoms with Crippen LogP contribution in [0.15, 0.2) is 72.8 Å². The SMILES string of the molecule is COc1ccc(C(=O)N(C2CC(=O)N(c3ccc(I)cc3)C2=O)C(C)c2ccccc2)cc1OC. The summed E-state index contributed by atoms with van der Waals surface area (Å²) in [5, 5.41) is 0. The summed E-state index contributed by atoms with van der Waals surface area (Å²) in [5.74, 6) is -0.249. The number of carbonyl (C=O) groups excluding carboxylic acids is 3. The van der Waals surface area contributed by atoms with Gasteiger partial charge in [0.15, 0.2) is 11.5 Å². The molecule has 1 aliphatic rings. The molecule has 180 valence electrons. The third-order valence-electron chi connectivity index (χ3n) is 6.11. The zero-order valence-electron chi connectivity index (χ0n) is 19.6. The standard InChI is InChI=1S/C27H25IN2O5/c1-17(18-7-5-4-6-8-18)29(26(32)19-9-14-23(34-2)24(15-19)35-3)22-16-25(31)30(27(22)33)21-12-10-20(28)11-13-21/h4-15,17,22H,16H2,1-3H3. The second-order valence-corrected chi connectivity index (χ2v) is 9.38. The van der Waals surface area contributed by atoms with E-state index >= 15 is 0 Å². The molecule has 4 rings (SSSR count). The van der Waals surface area contributed by atoms with Crippen molar-refractivity contribution in [2.45, 2.75) is 25.4 Å². The van der Waals surface area contributed by atoms with Gasteiger partial charge in [-0.1, -0.05) is 30.3 Å². The smallest absolute Gasteiger partial charge is 0.257 e. The van der Waals surface area contributed by atoms with E-state index in [1.165, 1.54) is 24.0 Å². The van der Waals surface area contributed by atoms with Crippen LogP contribution in [0.3, 0.4) is 0 Å². The molecule has 3 amide bonds. The molecule has 3 aromatic carbocycles. The van der Waals surface area contributed by atoms with Crippen molar-refractivity contribution < 1.29 is 23.9 Å². The van der Waals surface area contributed by atoms with Gasteiger partial charge in [-0.3, -0.25) is 14.4 Å². The summed E-state index contributed by atoms with van der Waals surface area (Å²) >= 11 is 2.17. The highest BCUT2D eigenvalue weighted by Crippen LogP contribution is 2.34. The maximum Gasteiger partial charge on any atom is 0.257 e. The highest BCUT2D eigenvalue weighted by Gasteiger charge is 2.46. The van der Waals surface area contributed by atoms with E-state index in [1.807, 2.05) is 49.4 Å². The van der Waals surface area contributed by atoms with Crippen molar-refractivity contribution in [3.8, 4) is 11.5 Å². The number of amides is 3. The maximum absolute atomic E-state index is 13.9. The topological polar surface area (TPSA) is 76.2 Å². The van der Waals surface area contributed by atoms with E-state index in [-0.39, 0.29) is 18.2 Å². The van der Waals surface area contributed by atoms with Gasteiger partial charge in [0.2, 0.25) is 5.91 Å². The lowest BCUT2D eigenvalue weighted by molar-refractivity contribution is -0.122. The molecular weight excluding hydrogens is 559 g/mol. The van der Waals surface area contributed by atoms with Crippen molar-refractivity contribution in [3.63, 3.8) is 0 Å². The number of ether oxygens (including phenoxy) is 2. The monoisotopic (exact) mass is 584 g/mol. The Labute approximate surface area is 217 Å². The van der Waals surface area contributed by atoms with E-state index in [2.05, 4.69) is 22.6 Å². The van der Waals surface area contributed by atoms with Crippen LogP contribution in [0.2, 0.25) is 0 Å². The molecule has 0 saturated carbocycles. The van der Waals surface area contributed by atoms with Crippen molar-refractivity contribution in [1.82, 2.24) is 4.90 Å². The minimum atomic E-state index is -0.947. The van der Waals surface area contributed by atoms with Crippen LogP contribution in [0.4, 0.5) is 5.69 Å². The zero-order chi connectivity index (χ0) is 25.1. The van der Waals surface area contributed by atoms with Gasteiger partial charge in [0, 0.05) is 9.13 Å². The van der Waals surface area contributed by atoms with E-state index in [1.54, 1.807) is 30.3 Å². The lowest BCUT2D eigenvalue weighted by atomic mass is 10.0.